The predicted molar refractivity (Wildman–Crippen MR) is 70.6 cm³/mol. The number of hydrogen-bond acceptors (Lipinski definition) is 4. The Bertz CT molecular complexity index is 657. The molecular weight excluding hydrogens is 325 g/mol. The van der Waals surface area contributed by atoms with E-state index >= 15 is 0 Å². The lowest BCUT2D eigenvalue weighted by atomic mass is 10.1. The monoisotopic (exact) mass is 334 g/mol. The van der Waals surface area contributed by atoms with E-state index in [0.29, 0.717) is 4.90 Å². The van der Waals surface area contributed by atoms with Crippen LogP contribution in [0.25, 0.3) is 0 Å². The Morgan fingerprint density at radius 2 is 2.18 bits per heavy atom. The Hall–Kier alpha value is -1.98. The lowest BCUT2D eigenvalue weighted by Gasteiger charge is -2.28. The number of carbonyl (C=O) groups is 1. The first-order valence-electron chi connectivity index (χ1n) is 6.08. The summed E-state index contributed by atoms with van der Waals surface area (Å²) in [5, 5.41) is 18.3. The molecule has 0 spiro atoms. The van der Waals surface area contributed by atoms with Crippen molar-refractivity contribution in [3.8, 4) is 6.07 Å². The quantitative estimate of drug-likeness (QED) is 0.902. The summed E-state index contributed by atoms with van der Waals surface area (Å²) in [6, 6.07) is 2.79. The molecule has 2 atom stereocenters. The number of amides is 1. The van der Waals surface area contributed by atoms with Crippen molar-refractivity contribution in [2.24, 2.45) is 0 Å². The van der Waals surface area contributed by atoms with Crippen LogP contribution in [0.2, 0.25) is 5.02 Å². The van der Waals surface area contributed by atoms with Crippen molar-refractivity contribution in [1.82, 2.24) is 0 Å². The van der Waals surface area contributed by atoms with Crippen molar-refractivity contribution < 1.29 is 27.8 Å². The molecule has 2 rings (SSSR count). The van der Waals surface area contributed by atoms with Crippen LogP contribution >= 0.6 is 11.6 Å². The van der Waals surface area contributed by atoms with Gasteiger partial charge in [-0.15, -0.1) is 0 Å². The third-order valence-electron chi connectivity index (χ3n) is 3.34. The number of halogens is 4. The summed E-state index contributed by atoms with van der Waals surface area (Å²) in [6.45, 7) is 0.859. The topological polar surface area (TPSA) is 73.6 Å². The molecule has 1 amide bonds. The van der Waals surface area contributed by atoms with E-state index in [-0.39, 0.29) is 21.8 Å². The minimum absolute atomic E-state index is 0.0277. The van der Waals surface area contributed by atoms with Gasteiger partial charge in [-0.25, -0.2) is 4.79 Å². The first kappa shape index (κ1) is 16.4. The van der Waals surface area contributed by atoms with Crippen LogP contribution in [0.3, 0.4) is 0 Å². The molecule has 1 aromatic carbocycles. The number of nitriles is 1. The summed E-state index contributed by atoms with van der Waals surface area (Å²) in [5.41, 5.74) is 0.433. The Kier molecular flexibility index (Phi) is 4.22. The molecule has 0 aromatic heterocycles. The largest absolute Gasteiger partial charge is 0.447 e. The van der Waals surface area contributed by atoms with Gasteiger partial charge < -0.3 is 9.84 Å². The van der Waals surface area contributed by atoms with Gasteiger partial charge in [0.1, 0.15) is 18.7 Å². The Morgan fingerprint density at radius 1 is 1.55 bits per heavy atom. The molecule has 1 heterocycles. The second-order valence-corrected chi connectivity index (χ2v) is 5.06. The van der Waals surface area contributed by atoms with Crippen molar-refractivity contribution in [2.75, 3.05) is 11.5 Å². The van der Waals surface area contributed by atoms with Crippen LogP contribution in [0.4, 0.5) is 23.7 Å². The zero-order valence-electron chi connectivity index (χ0n) is 11.2. The molecular formula is C13H10ClF3N2O3. The molecule has 0 aliphatic carbocycles. The number of anilines is 1. The SMILES string of the molecule is Cc1c(N2C(=O)OCC2[C@@H](O)C(F)(F)F)ccc(C#N)c1Cl. The van der Waals surface area contributed by atoms with E-state index in [9.17, 15) is 23.1 Å². The van der Waals surface area contributed by atoms with E-state index in [4.69, 9.17) is 16.9 Å². The summed E-state index contributed by atoms with van der Waals surface area (Å²) in [7, 11) is 0. The van der Waals surface area contributed by atoms with Gasteiger partial charge in [-0.05, 0) is 24.6 Å². The van der Waals surface area contributed by atoms with E-state index in [1.165, 1.54) is 19.1 Å². The molecule has 0 saturated carbocycles. The molecule has 1 saturated heterocycles. The summed E-state index contributed by atoms with van der Waals surface area (Å²) in [4.78, 5) is 12.5. The first-order valence-corrected chi connectivity index (χ1v) is 6.46. The van der Waals surface area contributed by atoms with Crippen molar-refractivity contribution in [3.63, 3.8) is 0 Å². The highest BCUT2D eigenvalue weighted by molar-refractivity contribution is 6.33. The van der Waals surface area contributed by atoms with Gasteiger partial charge in [0.05, 0.1) is 16.3 Å². The third-order valence-corrected chi connectivity index (χ3v) is 3.83. The zero-order valence-corrected chi connectivity index (χ0v) is 11.9. The molecule has 1 aliphatic heterocycles. The van der Waals surface area contributed by atoms with Crippen LogP contribution in [-0.4, -0.2) is 36.1 Å². The molecule has 0 radical (unpaired) electrons. The number of hydrogen-bond donors (Lipinski definition) is 1. The highest BCUT2D eigenvalue weighted by atomic mass is 35.5. The average Bonchev–Trinajstić information content (AvgIpc) is 2.81. The highest BCUT2D eigenvalue weighted by Gasteiger charge is 2.51. The zero-order chi connectivity index (χ0) is 16.7. The molecule has 9 heteroatoms. The molecule has 0 bridgehead atoms. The van der Waals surface area contributed by atoms with Gasteiger partial charge >= 0.3 is 12.3 Å². The van der Waals surface area contributed by atoms with Gasteiger partial charge in [-0.2, -0.15) is 18.4 Å². The number of rotatable bonds is 2. The second-order valence-electron chi connectivity index (χ2n) is 4.68. The lowest BCUT2D eigenvalue weighted by Crippen LogP contribution is -2.49. The van der Waals surface area contributed by atoms with Crippen LogP contribution in [0.1, 0.15) is 11.1 Å². The maximum atomic E-state index is 12.7. The number of cyclic esters (lactones) is 1. The van der Waals surface area contributed by atoms with E-state index in [1.807, 2.05) is 6.07 Å². The van der Waals surface area contributed by atoms with Gasteiger partial charge in [0, 0.05) is 0 Å². The molecule has 22 heavy (non-hydrogen) atoms. The Labute approximate surface area is 128 Å². The van der Waals surface area contributed by atoms with Gasteiger partial charge in [0.2, 0.25) is 0 Å². The maximum absolute atomic E-state index is 12.7. The third kappa shape index (κ3) is 2.69. The number of nitrogens with zero attached hydrogens (tertiary/aromatic N) is 2. The number of benzene rings is 1. The lowest BCUT2D eigenvalue weighted by molar-refractivity contribution is -0.209. The van der Waals surface area contributed by atoms with Gasteiger partial charge in [0.15, 0.2) is 6.10 Å². The normalized spacial score (nSPS) is 19.8. The standard InChI is InChI=1S/C13H10ClF3N2O3/c1-6-8(3-2-7(4-18)10(6)14)19-9(5-22-12(19)21)11(20)13(15,16)17/h2-3,9,11,20H,5H2,1H3/t9?,11-/m1/s1. The maximum Gasteiger partial charge on any atom is 0.416 e. The molecule has 1 unspecified atom stereocenters. The first-order chi connectivity index (χ1) is 10.2. The molecule has 1 aliphatic rings. The number of aliphatic hydroxyl groups is 1. The van der Waals surface area contributed by atoms with Crippen molar-refractivity contribution in [1.29, 1.82) is 5.26 Å². The molecule has 118 valence electrons. The van der Waals surface area contributed by atoms with Gasteiger partial charge in [-0.1, -0.05) is 11.6 Å². The van der Waals surface area contributed by atoms with Crippen LogP contribution in [0.15, 0.2) is 12.1 Å². The van der Waals surface area contributed by atoms with Gasteiger partial charge in [0.25, 0.3) is 0 Å². The summed E-state index contributed by atoms with van der Waals surface area (Å²) in [6.07, 6.45) is -8.67. The number of aliphatic hydroxyl groups excluding tert-OH is 1. The molecule has 1 fully saturated rings. The molecule has 1 aromatic rings. The van der Waals surface area contributed by atoms with Gasteiger partial charge in [-0.3, -0.25) is 4.90 Å². The van der Waals surface area contributed by atoms with Crippen LogP contribution < -0.4 is 4.90 Å². The van der Waals surface area contributed by atoms with Crippen LogP contribution in [-0.2, 0) is 4.74 Å². The van der Waals surface area contributed by atoms with Crippen LogP contribution in [0, 0.1) is 18.3 Å². The Morgan fingerprint density at radius 3 is 2.73 bits per heavy atom. The van der Waals surface area contributed by atoms with E-state index < -0.39 is 31.0 Å². The molecule has 5 nitrogen and oxygen atoms in total. The minimum Gasteiger partial charge on any atom is -0.447 e. The fourth-order valence-electron chi connectivity index (χ4n) is 2.19. The second kappa shape index (κ2) is 5.66. The van der Waals surface area contributed by atoms with Crippen molar-refractivity contribution in [2.45, 2.75) is 25.2 Å². The van der Waals surface area contributed by atoms with Crippen molar-refractivity contribution >= 4 is 23.4 Å². The molecule has 1 N–H and O–H groups in total. The Balaban J connectivity index is 2.48. The summed E-state index contributed by atoms with van der Waals surface area (Å²) < 4.78 is 42.7. The van der Waals surface area contributed by atoms with Crippen molar-refractivity contribution in [3.05, 3.63) is 28.3 Å². The number of ether oxygens (including phenoxy) is 1. The summed E-state index contributed by atoms with van der Waals surface area (Å²) in [5.74, 6) is 0. The van der Waals surface area contributed by atoms with E-state index in [2.05, 4.69) is 4.74 Å². The fourth-order valence-corrected chi connectivity index (χ4v) is 2.39. The number of alkyl halides is 3. The predicted octanol–water partition coefficient (Wildman–Crippen LogP) is 2.77. The smallest absolute Gasteiger partial charge is 0.416 e. The highest BCUT2D eigenvalue weighted by Crippen LogP contribution is 2.36. The van der Waals surface area contributed by atoms with E-state index in [1.54, 1.807) is 0 Å². The summed E-state index contributed by atoms with van der Waals surface area (Å²) >= 11 is 5.96. The fraction of sp³-hybridized carbons (Fsp3) is 0.385. The number of carbonyl (C=O) groups excluding carboxylic acids is 1. The average molecular weight is 335 g/mol. The van der Waals surface area contributed by atoms with E-state index in [0.717, 1.165) is 0 Å². The van der Waals surface area contributed by atoms with Crippen LogP contribution in [0.5, 0.6) is 0 Å². The minimum atomic E-state index is -4.90.